The van der Waals surface area contributed by atoms with Crippen molar-refractivity contribution in [2.75, 3.05) is 27.3 Å². The molecular formula is C15H23NO4S. The normalized spacial score (nSPS) is 16.7. The average molecular weight is 313 g/mol. The Balaban J connectivity index is 0.00000106. The van der Waals surface area contributed by atoms with Gasteiger partial charge in [-0.1, -0.05) is 13.8 Å². The van der Waals surface area contributed by atoms with Crippen LogP contribution in [0.25, 0.3) is 0 Å². The molecule has 1 aliphatic heterocycles. The Labute approximate surface area is 128 Å². The SMILES string of the molecule is CC.COc1ccc(S(=O)N2CCC(=O)CC2)cc1OC. The van der Waals surface area contributed by atoms with E-state index in [4.69, 9.17) is 9.47 Å². The van der Waals surface area contributed by atoms with Crippen LogP contribution < -0.4 is 9.47 Å². The van der Waals surface area contributed by atoms with Crippen molar-refractivity contribution < 1.29 is 18.5 Å². The van der Waals surface area contributed by atoms with Crippen molar-refractivity contribution in [1.82, 2.24) is 4.31 Å². The lowest BCUT2D eigenvalue weighted by Gasteiger charge is -2.24. The van der Waals surface area contributed by atoms with Crippen molar-refractivity contribution in [3.05, 3.63) is 18.2 Å². The molecule has 2 rings (SSSR count). The number of carbonyl (C=O) groups is 1. The van der Waals surface area contributed by atoms with Crippen molar-refractivity contribution in [1.29, 1.82) is 0 Å². The Morgan fingerprint density at radius 1 is 1.05 bits per heavy atom. The van der Waals surface area contributed by atoms with E-state index in [2.05, 4.69) is 0 Å². The second kappa shape index (κ2) is 8.79. The quantitative estimate of drug-likeness (QED) is 0.856. The maximum absolute atomic E-state index is 12.4. The topological polar surface area (TPSA) is 55.8 Å². The molecule has 0 bridgehead atoms. The summed E-state index contributed by atoms with van der Waals surface area (Å²) < 4.78 is 24.6. The maximum Gasteiger partial charge on any atom is 0.161 e. The molecule has 1 aromatic rings. The molecule has 5 nitrogen and oxygen atoms in total. The number of rotatable bonds is 4. The van der Waals surface area contributed by atoms with E-state index in [-0.39, 0.29) is 5.78 Å². The predicted octanol–water partition coefficient (Wildman–Crippen LogP) is 2.42. The van der Waals surface area contributed by atoms with Crippen LogP contribution in [0.15, 0.2) is 23.1 Å². The fraction of sp³-hybridized carbons (Fsp3) is 0.533. The summed E-state index contributed by atoms with van der Waals surface area (Å²) in [6, 6.07) is 5.21. The summed E-state index contributed by atoms with van der Waals surface area (Å²) in [5.74, 6) is 1.40. The summed E-state index contributed by atoms with van der Waals surface area (Å²) in [6.07, 6.45) is 0.943. The van der Waals surface area contributed by atoms with E-state index < -0.39 is 11.0 Å². The number of hydrogen-bond donors (Lipinski definition) is 0. The first kappa shape index (κ1) is 17.7. The lowest BCUT2D eigenvalue weighted by Crippen LogP contribution is -2.35. The van der Waals surface area contributed by atoms with Crippen molar-refractivity contribution >= 4 is 16.8 Å². The summed E-state index contributed by atoms with van der Waals surface area (Å²) in [7, 11) is 1.84. The highest BCUT2D eigenvalue weighted by molar-refractivity contribution is 7.82. The molecule has 6 heteroatoms. The predicted molar refractivity (Wildman–Crippen MR) is 83.1 cm³/mol. The average Bonchev–Trinajstić information content (AvgIpc) is 2.56. The van der Waals surface area contributed by atoms with Crippen LogP contribution in [0.1, 0.15) is 26.7 Å². The number of ketones is 1. The molecule has 0 aliphatic carbocycles. The monoisotopic (exact) mass is 313 g/mol. The van der Waals surface area contributed by atoms with Gasteiger partial charge < -0.3 is 9.47 Å². The number of hydrogen-bond acceptors (Lipinski definition) is 4. The zero-order valence-corrected chi connectivity index (χ0v) is 13.9. The molecule has 0 aromatic heterocycles. The van der Waals surface area contributed by atoms with Gasteiger partial charge in [-0.3, -0.25) is 4.79 Å². The minimum atomic E-state index is -1.26. The van der Waals surface area contributed by atoms with E-state index in [1.54, 1.807) is 32.4 Å². The second-order valence-electron chi connectivity index (χ2n) is 4.23. The summed E-state index contributed by atoms with van der Waals surface area (Å²) in [6.45, 7) is 5.08. The zero-order valence-electron chi connectivity index (χ0n) is 13.0. The molecule has 0 saturated carbocycles. The van der Waals surface area contributed by atoms with Crippen LogP contribution in [0, 0.1) is 0 Å². The van der Waals surface area contributed by atoms with Crippen molar-refractivity contribution in [2.24, 2.45) is 0 Å². The largest absolute Gasteiger partial charge is 0.493 e. The molecule has 1 heterocycles. The van der Waals surface area contributed by atoms with Crippen LogP contribution in [-0.2, 0) is 15.8 Å². The Morgan fingerprint density at radius 2 is 1.62 bits per heavy atom. The number of nitrogens with zero attached hydrogens (tertiary/aromatic N) is 1. The fourth-order valence-corrected chi connectivity index (χ4v) is 3.18. The van der Waals surface area contributed by atoms with E-state index in [0.717, 1.165) is 0 Å². The third-order valence-corrected chi connectivity index (χ3v) is 4.56. The zero-order chi connectivity index (χ0) is 15.8. The first-order chi connectivity index (χ1) is 10.2. The minimum absolute atomic E-state index is 0.237. The van der Waals surface area contributed by atoms with Gasteiger partial charge in [0.15, 0.2) is 11.5 Å². The minimum Gasteiger partial charge on any atom is -0.493 e. The van der Waals surface area contributed by atoms with Crippen molar-refractivity contribution in [3.63, 3.8) is 0 Å². The third-order valence-electron chi connectivity index (χ3n) is 3.07. The molecule has 118 valence electrons. The van der Waals surface area contributed by atoms with Gasteiger partial charge in [0.25, 0.3) is 0 Å². The number of benzene rings is 1. The van der Waals surface area contributed by atoms with Crippen LogP contribution in [0.3, 0.4) is 0 Å². The van der Waals surface area contributed by atoms with E-state index in [9.17, 15) is 9.00 Å². The van der Waals surface area contributed by atoms with Crippen LogP contribution in [0.2, 0.25) is 0 Å². The highest BCUT2D eigenvalue weighted by Crippen LogP contribution is 2.29. The van der Waals surface area contributed by atoms with Crippen LogP contribution in [0.5, 0.6) is 11.5 Å². The smallest absolute Gasteiger partial charge is 0.161 e. The number of Topliss-reactive ketones (excluding diaryl/α,β-unsaturated/α-hetero) is 1. The van der Waals surface area contributed by atoms with E-state index in [1.807, 2.05) is 18.2 Å². The first-order valence-electron chi connectivity index (χ1n) is 7.06. The molecular weight excluding hydrogens is 290 g/mol. The van der Waals surface area contributed by atoms with Gasteiger partial charge in [0.05, 0.1) is 19.1 Å². The lowest BCUT2D eigenvalue weighted by molar-refractivity contribution is -0.120. The standard InChI is InChI=1S/C13H17NO4S.C2H6/c1-17-12-4-3-11(9-13(12)18-2)19(16)14-7-5-10(15)6-8-14;1-2/h3-4,9H,5-8H2,1-2H3;1-2H3. The van der Waals surface area contributed by atoms with Gasteiger partial charge in [0.2, 0.25) is 0 Å². The molecule has 1 aliphatic rings. The molecule has 1 unspecified atom stereocenters. The van der Waals surface area contributed by atoms with Crippen molar-refractivity contribution in [2.45, 2.75) is 31.6 Å². The van der Waals surface area contributed by atoms with E-state index in [0.29, 0.717) is 42.3 Å². The van der Waals surface area contributed by atoms with E-state index >= 15 is 0 Å². The van der Waals surface area contributed by atoms with Gasteiger partial charge in [0.1, 0.15) is 16.8 Å². The summed E-state index contributed by atoms with van der Waals surface area (Å²) in [5, 5.41) is 0. The third kappa shape index (κ3) is 4.54. The second-order valence-corrected chi connectivity index (χ2v) is 5.72. The van der Waals surface area contributed by atoms with Gasteiger partial charge in [0, 0.05) is 32.0 Å². The van der Waals surface area contributed by atoms with Gasteiger partial charge in [-0.25, -0.2) is 8.51 Å². The van der Waals surface area contributed by atoms with Gasteiger partial charge >= 0.3 is 0 Å². The first-order valence-corrected chi connectivity index (χ1v) is 8.17. The Bertz CT molecular complexity index is 494. The van der Waals surface area contributed by atoms with Crippen molar-refractivity contribution in [3.8, 4) is 11.5 Å². The van der Waals surface area contributed by atoms with E-state index in [1.165, 1.54) is 0 Å². The Kier molecular flexibility index (Phi) is 7.39. The Hall–Kier alpha value is -1.40. The molecule has 1 saturated heterocycles. The molecule has 0 spiro atoms. The highest BCUT2D eigenvalue weighted by Gasteiger charge is 2.22. The molecule has 0 N–H and O–H groups in total. The molecule has 1 atom stereocenters. The van der Waals surface area contributed by atoms with Crippen LogP contribution in [0.4, 0.5) is 0 Å². The fourth-order valence-electron chi connectivity index (χ4n) is 1.98. The molecule has 0 amide bonds. The number of methoxy groups -OCH3 is 2. The van der Waals surface area contributed by atoms with Crippen LogP contribution in [-0.4, -0.2) is 41.6 Å². The van der Waals surface area contributed by atoms with Gasteiger partial charge in [-0.15, -0.1) is 0 Å². The number of piperidine rings is 1. The molecule has 0 radical (unpaired) electrons. The van der Waals surface area contributed by atoms with Gasteiger partial charge in [-0.05, 0) is 12.1 Å². The van der Waals surface area contributed by atoms with Crippen LogP contribution >= 0.6 is 0 Å². The Morgan fingerprint density at radius 3 is 2.14 bits per heavy atom. The number of carbonyl (C=O) groups excluding carboxylic acids is 1. The summed E-state index contributed by atoms with van der Waals surface area (Å²) in [4.78, 5) is 11.8. The summed E-state index contributed by atoms with van der Waals surface area (Å²) >= 11 is 0. The highest BCUT2D eigenvalue weighted by atomic mass is 32.2. The molecule has 1 aromatic carbocycles. The molecule has 21 heavy (non-hydrogen) atoms. The number of ether oxygens (including phenoxy) is 2. The maximum atomic E-state index is 12.4. The summed E-state index contributed by atoms with van der Waals surface area (Å²) in [5.41, 5.74) is 0. The lowest BCUT2D eigenvalue weighted by atomic mass is 10.1. The molecule has 1 fully saturated rings. The van der Waals surface area contributed by atoms with Gasteiger partial charge in [-0.2, -0.15) is 0 Å².